The minimum Gasteiger partial charge on any atom is -0.315 e. The van der Waals surface area contributed by atoms with Gasteiger partial charge in [0.15, 0.2) is 0 Å². The normalized spacial score (nSPS) is 10.7. The number of anilines is 1. The maximum Gasteiger partial charge on any atom is 0.292 e. The van der Waals surface area contributed by atoms with Crippen molar-refractivity contribution in [2.45, 2.75) is 0 Å². The Morgan fingerprint density at radius 1 is 1.13 bits per heavy atom. The van der Waals surface area contributed by atoms with Crippen LogP contribution < -0.4 is 5.32 Å². The molecule has 0 aliphatic carbocycles. The number of benzene rings is 2. The first-order chi connectivity index (χ1) is 11.0. The third kappa shape index (κ3) is 2.88. The Morgan fingerprint density at radius 2 is 1.87 bits per heavy atom. The summed E-state index contributed by atoms with van der Waals surface area (Å²) in [7, 11) is 0. The van der Waals surface area contributed by atoms with Crippen LogP contribution in [-0.2, 0) is 0 Å². The van der Waals surface area contributed by atoms with E-state index < -0.39 is 10.8 Å². The number of thiophene rings is 1. The van der Waals surface area contributed by atoms with Gasteiger partial charge in [-0.1, -0.05) is 41.4 Å². The standard InChI is InChI=1S/C15H8Cl2N2O3S/c16-8-4-3-7-11-12(8)13(17)14(23-11)15(20)18-9-5-1-2-6-10(9)19(21)22/h1-7H,(H,18,20). The van der Waals surface area contributed by atoms with Crippen molar-refractivity contribution in [3.8, 4) is 0 Å². The highest BCUT2D eigenvalue weighted by molar-refractivity contribution is 7.21. The molecule has 23 heavy (non-hydrogen) atoms. The molecule has 8 heteroatoms. The number of halogens is 2. The van der Waals surface area contributed by atoms with Crippen molar-refractivity contribution in [1.29, 1.82) is 0 Å². The summed E-state index contributed by atoms with van der Waals surface area (Å²) >= 11 is 13.5. The molecule has 1 amide bonds. The third-order valence-electron chi connectivity index (χ3n) is 3.16. The number of hydrogen-bond acceptors (Lipinski definition) is 4. The summed E-state index contributed by atoms with van der Waals surface area (Å²) in [4.78, 5) is 23.1. The Bertz CT molecular complexity index is 940. The summed E-state index contributed by atoms with van der Waals surface area (Å²) in [6, 6.07) is 11.2. The van der Waals surface area contributed by atoms with E-state index in [1.165, 1.54) is 29.5 Å². The second-order valence-electron chi connectivity index (χ2n) is 4.59. The van der Waals surface area contributed by atoms with Crippen LogP contribution in [0.1, 0.15) is 9.67 Å². The van der Waals surface area contributed by atoms with Crippen LogP contribution in [0, 0.1) is 10.1 Å². The fourth-order valence-corrected chi connectivity index (χ4v) is 3.98. The highest BCUT2D eigenvalue weighted by Crippen LogP contribution is 2.39. The van der Waals surface area contributed by atoms with E-state index in [4.69, 9.17) is 23.2 Å². The molecule has 2 aromatic carbocycles. The zero-order chi connectivity index (χ0) is 16.6. The number of carbonyl (C=O) groups excluding carboxylic acids is 1. The van der Waals surface area contributed by atoms with Crippen LogP contribution in [0.3, 0.4) is 0 Å². The first-order valence-electron chi connectivity index (χ1n) is 6.40. The number of para-hydroxylation sites is 2. The lowest BCUT2D eigenvalue weighted by atomic mass is 10.2. The molecule has 5 nitrogen and oxygen atoms in total. The molecular weight excluding hydrogens is 359 g/mol. The Hall–Kier alpha value is -2.15. The van der Waals surface area contributed by atoms with E-state index in [2.05, 4.69) is 5.32 Å². The number of nitro benzene ring substituents is 1. The predicted octanol–water partition coefficient (Wildman–Crippen LogP) is 5.37. The van der Waals surface area contributed by atoms with Gasteiger partial charge in [0, 0.05) is 16.2 Å². The SMILES string of the molecule is O=C(Nc1ccccc1[N+](=O)[O-])c1sc2cccc(Cl)c2c1Cl. The molecule has 0 bridgehead atoms. The van der Waals surface area contributed by atoms with E-state index in [-0.39, 0.29) is 21.3 Å². The molecule has 0 atom stereocenters. The van der Waals surface area contributed by atoms with E-state index in [9.17, 15) is 14.9 Å². The van der Waals surface area contributed by atoms with Gasteiger partial charge in [0.2, 0.25) is 0 Å². The lowest BCUT2D eigenvalue weighted by molar-refractivity contribution is -0.383. The largest absolute Gasteiger partial charge is 0.315 e. The minimum atomic E-state index is -0.557. The average molecular weight is 367 g/mol. The van der Waals surface area contributed by atoms with Crippen LogP contribution in [-0.4, -0.2) is 10.8 Å². The van der Waals surface area contributed by atoms with Crippen LogP contribution in [0.15, 0.2) is 42.5 Å². The summed E-state index contributed by atoms with van der Waals surface area (Å²) in [6.07, 6.45) is 0. The second kappa shape index (κ2) is 6.16. The number of nitro groups is 1. The van der Waals surface area contributed by atoms with Gasteiger partial charge >= 0.3 is 0 Å². The molecule has 1 aromatic heterocycles. The molecule has 0 unspecified atom stereocenters. The highest BCUT2D eigenvalue weighted by atomic mass is 35.5. The smallest absolute Gasteiger partial charge is 0.292 e. The third-order valence-corrected chi connectivity index (χ3v) is 5.12. The minimum absolute atomic E-state index is 0.113. The van der Waals surface area contributed by atoms with Gasteiger partial charge in [-0.3, -0.25) is 14.9 Å². The number of nitrogens with zero attached hydrogens (tertiary/aromatic N) is 1. The van der Waals surface area contributed by atoms with Gasteiger partial charge in [0.1, 0.15) is 10.6 Å². The molecule has 3 aromatic rings. The Morgan fingerprint density at radius 3 is 2.57 bits per heavy atom. The van der Waals surface area contributed by atoms with Gasteiger partial charge in [-0.15, -0.1) is 11.3 Å². The van der Waals surface area contributed by atoms with Crippen molar-refractivity contribution in [2.24, 2.45) is 0 Å². The average Bonchev–Trinajstić information content (AvgIpc) is 2.86. The number of rotatable bonds is 3. The molecule has 0 aliphatic rings. The number of carbonyl (C=O) groups is 1. The van der Waals surface area contributed by atoms with Gasteiger partial charge in [0.05, 0.1) is 15.0 Å². The van der Waals surface area contributed by atoms with Crippen LogP contribution in [0.2, 0.25) is 10.0 Å². The number of amides is 1. The molecule has 116 valence electrons. The maximum atomic E-state index is 12.4. The van der Waals surface area contributed by atoms with E-state index in [0.717, 1.165) is 4.70 Å². The fourth-order valence-electron chi connectivity index (χ4n) is 2.13. The molecule has 1 N–H and O–H groups in total. The van der Waals surface area contributed by atoms with E-state index in [0.29, 0.717) is 10.4 Å². The van der Waals surface area contributed by atoms with E-state index in [1.54, 1.807) is 24.3 Å². The number of hydrogen-bond donors (Lipinski definition) is 1. The molecular formula is C15H8Cl2N2O3S. The lowest BCUT2D eigenvalue weighted by Crippen LogP contribution is -2.12. The van der Waals surface area contributed by atoms with E-state index in [1.807, 2.05) is 0 Å². The fraction of sp³-hybridized carbons (Fsp3) is 0. The molecule has 1 heterocycles. The Labute approximate surface area is 144 Å². The van der Waals surface area contributed by atoms with Gasteiger partial charge < -0.3 is 5.32 Å². The maximum absolute atomic E-state index is 12.4. The Balaban J connectivity index is 2.01. The van der Waals surface area contributed by atoms with Crippen LogP contribution in [0.25, 0.3) is 10.1 Å². The Kier molecular flexibility index (Phi) is 4.21. The lowest BCUT2D eigenvalue weighted by Gasteiger charge is -2.04. The topological polar surface area (TPSA) is 72.2 Å². The quantitative estimate of drug-likeness (QED) is 0.500. The summed E-state index contributed by atoms with van der Waals surface area (Å²) in [6.45, 7) is 0. The molecule has 0 saturated carbocycles. The van der Waals surface area contributed by atoms with Gasteiger partial charge in [-0.05, 0) is 18.2 Å². The number of nitrogens with one attached hydrogen (secondary N) is 1. The van der Waals surface area contributed by atoms with E-state index >= 15 is 0 Å². The van der Waals surface area contributed by atoms with Gasteiger partial charge in [-0.25, -0.2) is 0 Å². The van der Waals surface area contributed by atoms with Crippen molar-refractivity contribution in [2.75, 3.05) is 5.32 Å². The monoisotopic (exact) mass is 366 g/mol. The highest BCUT2D eigenvalue weighted by Gasteiger charge is 2.21. The van der Waals surface area contributed by atoms with Crippen molar-refractivity contribution in [3.63, 3.8) is 0 Å². The number of fused-ring (bicyclic) bond motifs is 1. The second-order valence-corrected chi connectivity index (χ2v) is 6.42. The molecule has 0 spiro atoms. The predicted molar refractivity (Wildman–Crippen MR) is 92.9 cm³/mol. The van der Waals surface area contributed by atoms with Crippen LogP contribution >= 0.6 is 34.5 Å². The summed E-state index contributed by atoms with van der Waals surface area (Å²) < 4.78 is 0.773. The molecule has 0 aliphatic heterocycles. The molecule has 3 rings (SSSR count). The van der Waals surface area contributed by atoms with Crippen molar-refractivity contribution >= 4 is 61.9 Å². The summed E-state index contributed by atoms with van der Waals surface area (Å²) in [5, 5.41) is 14.8. The van der Waals surface area contributed by atoms with Crippen LogP contribution in [0.4, 0.5) is 11.4 Å². The van der Waals surface area contributed by atoms with Crippen molar-refractivity contribution in [3.05, 3.63) is 67.5 Å². The first kappa shape index (κ1) is 15.7. The molecule has 0 fully saturated rings. The molecule has 0 saturated heterocycles. The van der Waals surface area contributed by atoms with Crippen LogP contribution in [0.5, 0.6) is 0 Å². The van der Waals surface area contributed by atoms with Crippen molar-refractivity contribution in [1.82, 2.24) is 0 Å². The zero-order valence-corrected chi connectivity index (χ0v) is 13.7. The van der Waals surface area contributed by atoms with Gasteiger partial charge in [0.25, 0.3) is 11.6 Å². The summed E-state index contributed by atoms with van der Waals surface area (Å²) in [5.74, 6) is -0.512. The van der Waals surface area contributed by atoms with Crippen molar-refractivity contribution < 1.29 is 9.72 Å². The zero-order valence-electron chi connectivity index (χ0n) is 11.4. The van der Waals surface area contributed by atoms with Gasteiger partial charge in [-0.2, -0.15) is 0 Å². The summed E-state index contributed by atoms with van der Waals surface area (Å²) in [5.41, 5.74) is -0.0711. The molecule has 0 radical (unpaired) electrons. The first-order valence-corrected chi connectivity index (χ1v) is 7.97.